The zero-order chi connectivity index (χ0) is 17.3. The molecule has 1 aromatic rings. The number of fused-ring (bicyclic) bond motifs is 1. The molecule has 2 rings (SSSR count). The molecular formula is C15H23ClN2O4S. The summed E-state index contributed by atoms with van der Waals surface area (Å²) < 4.78 is 39.0. The highest BCUT2D eigenvalue weighted by Gasteiger charge is 2.32. The van der Waals surface area contributed by atoms with Gasteiger partial charge < -0.3 is 15.2 Å². The van der Waals surface area contributed by atoms with E-state index < -0.39 is 15.6 Å². The van der Waals surface area contributed by atoms with Crippen molar-refractivity contribution in [3.05, 3.63) is 17.2 Å². The highest BCUT2D eigenvalue weighted by atomic mass is 35.5. The lowest BCUT2D eigenvalue weighted by molar-refractivity contribution is 0.171. The molecule has 0 bridgehead atoms. The largest absolute Gasteiger partial charge is 0.486 e. The molecule has 3 N–H and O–H groups in total. The minimum atomic E-state index is -3.84. The molecule has 23 heavy (non-hydrogen) atoms. The van der Waals surface area contributed by atoms with Crippen LogP contribution >= 0.6 is 11.6 Å². The number of sulfonamides is 1. The van der Waals surface area contributed by atoms with Crippen LogP contribution in [0.4, 0.5) is 0 Å². The molecule has 1 heterocycles. The van der Waals surface area contributed by atoms with Crippen LogP contribution in [0.2, 0.25) is 5.02 Å². The van der Waals surface area contributed by atoms with Crippen molar-refractivity contribution in [2.24, 2.45) is 11.7 Å². The quantitative estimate of drug-likeness (QED) is 0.809. The van der Waals surface area contributed by atoms with Crippen LogP contribution in [0.15, 0.2) is 17.0 Å². The molecule has 1 atom stereocenters. The number of hydrogen-bond acceptors (Lipinski definition) is 5. The topological polar surface area (TPSA) is 90.7 Å². The molecule has 6 nitrogen and oxygen atoms in total. The van der Waals surface area contributed by atoms with Crippen LogP contribution in [0.3, 0.4) is 0 Å². The van der Waals surface area contributed by atoms with E-state index >= 15 is 0 Å². The lowest BCUT2D eigenvalue weighted by Gasteiger charge is -2.31. The first-order chi connectivity index (χ1) is 10.7. The zero-order valence-electron chi connectivity index (χ0n) is 13.6. The molecule has 0 radical (unpaired) electrons. The Balaban J connectivity index is 2.36. The van der Waals surface area contributed by atoms with Crippen molar-refractivity contribution in [1.82, 2.24) is 4.72 Å². The molecule has 8 heteroatoms. The summed E-state index contributed by atoms with van der Waals surface area (Å²) in [7, 11) is -3.84. The van der Waals surface area contributed by atoms with Gasteiger partial charge in [-0.3, -0.25) is 0 Å². The average Bonchev–Trinajstić information content (AvgIpc) is 2.44. The number of rotatable bonds is 6. The monoisotopic (exact) mass is 362 g/mol. The molecule has 0 saturated heterocycles. The first-order valence-electron chi connectivity index (χ1n) is 7.50. The smallest absolute Gasteiger partial charge is 0.242 e. The van der Waals surface area contributed by atoms with Gasteiger partial charge in [0.15, 0.2) is 11.5 Å². The van der Waals surface area contributed by atoms with Gasteiger partial charge in [0.25, 0.3) is 0 Å². The molecule has 130 valence electrons. The summed E-state index contributed by atoms with van der Waals surface area (Å²) in [4.78, 5) is -0.0353. The number of nitrogens with one attached hydrogen (secondary N) is 1. The Labute approximate surface area is 142 Å². The fraction of sp³-hybridized carbons (Fsp3) is 0.600. The van der Waals surface area contributed by atoms with Crippen molar-refractivity contribution in [3.8, 4) is 11.5 Å². The Hall–Kier alpha value is -1.02. The van der Waals surface area contributed by atoms with Gasteiger partial charge >= 0.3 is 0 Å². The number of hydrogen-bond donors (Lipinski definition) is 2. The summed E-state index contributed by atoms with van der Waals surface area (Å²) in [6, 6.07) is 2.86. The fourth-order valence-electron chi connectivity index (χ4n) is 2.70. The number of ether oxygens (including phenoxy) is 2. The van der Waals surface area contributed by atoms with Gasteiger partial charge in [-0.2, -0.15) is 0 Å². The van der Waals surface area contributed by atoms with Gasteiger partial charge in [0.2, 0.25) is 10.0 Å². The fourth-order valence-corrected chi connectivity index (χ4v) is 4.66. The second kappa shape index (κ2) is 6.84. The maximum Gasteiger partial charge on any atom is 0.242 e. The zero-order valence-corrected chi connectivity index (χ0v) is 15.1. The van der Waals surface area contributed by atoms with Gasteiger partial charge in [-0.15, -0.1) is 0 Å². The Bertz CT molecular complexity index is 678. The summed E-state index contributed by atoms with van der Waals surface area (Å²) in [5.74, 6) is 1.12. The molecule has 0 amide bonds. The third-order valence-electron chi connectivity index (χ3n) is 3.58. The Morgan fingerprint density at radius 2 is 1.87 bits per heavy atom. The van der Waals surface area contributed by atoms with Crippen molar-refractivity contribution in [3.63, 3.8) is 0 Å². The Morgan fingerprint density at radius 1 is 1.30 bits per heavy atom. The van der Waals surface area contributed by atoms with Crippen LogP contribution in [0, 0.1) is 5.92 Å². The molecule has 1 aliphatic heterocycles. The van der Waals surface area contributed by atoms with Crippen LogP contribution in [-0.4, -0.2) is 33.7 Å². The lowest BCUT2D eigenvalue weighted by Crippen LogP contribution is -2.52. The predicted octanol–water partition coefficient (Wildman–Crippen LogP) is 2.15. The van der Waals surface area contributed by atoms with Gasteiger partial charge in [-0.1, -0.05) is 25.4 Å². The summed E-state index contributed by atoms with van der Waals surface area (Å²) in [5.41, 5.74) is 5.04. The van der Waals surface area contributed by atoms with Crippen LogP contribution in [0.25, 0.3) is 0 Å². The van der Waals surface area contributed by atoms with Gasteiger partial charge in [-0.05, 0) is 19.3 Å². The standard InChI is InChI=1S/C15H23ClN2O4S/c1-10(2)8-15(3,9-17)18-23(19,20)14-7-13-12(6-11(14)16)21-4-5-22-13/h6-7,10,18H,4-5,8-9,17H2,1-3H3. The van der Waals surface area contributed by atoms with E-state index in [2.05, 4.69) is 4.72 Å². The number of halogens is 1. The highest BCUT2D eigenvalue weighted by molar-refractivity contribution is 7.89. The van der Waals surface area contributed by atoms with Crippen LogP contribution in [0.5, 0.6) is 11.5 Å². The van der Waals surface area contributed by atoms with Crippen molar-refractivity contribution >= 4 is 21.6 Å². The van der Waals surface area contributed by atoms with Crippen LogP contribution in [-0.2, 0) is 10.0 Å². The van der Waals surface area contributed by atoms with Crippen molar-refractivity contribution in [2.45, 2.75) is 37.6 Å². The second-order valence-corrected chi connectivity index (χ2v) is 8.45. The maximum atomic E-state index is 12.7. The molecule has 0 aliphatic carbocycles. The van der Waals surface area contributed by atoms with E-state index in [1.807, 2.05) is 13.8 Å². The van der Waals surface area contributed by atoms with E-state index in [9.17, 15) is 8.42 Å². The first kappa shape index (κ1) is 18.3. The molecule has 1 unspecified atom stereocenters. The lowest BCUT2D eigenvalue weighted by atomic mass is 9.92. The van der Waals surface area contributed by atoms with Crippen molar-refractivity contribution in [2.75, 3.05) is 19.8 Å². The molecule has 1 aliphatic rings. The summed E-state index contributed by atoms with van der Waals surface area (Å²) in [6.45, 7) is 6.78. The molecule has 0 saturated carbocycles. The van der Waals surface area contributed by atoms with Gasteiger partial charge in [0.1, 0.15) is 18.1 Å². The summed E-state index contributed by atoms with van der Waals surface area (Å²) in [5, 5.41) is 0.0886. The number of nitrogens with two attached hydrogens (primary N) is 1. The molecular weight excluding hydrogens is 340 g/mol. The third kappa shape index (κ3) is 4.29. The number of benzene rings is 1. The molecule has 0 fully saturated rings. The van der Waals surface area contributed by atoms with E-state index in [1.165, 1.54) is 12.1 Å². The van der Waals surface area contributed by atoms with Gasteiger partial charge in [0, 0.05) is 24.2 Å². The average molecular weight is 363 g/mol. The predicted molar refractivity (Wildman–Crippen MR) is 89.7 cm³/mol. The second-order valence-electron chi connectivity index (χ2n) is 6.39. The van der Waals surface area contributed by atoms with E-state index in [4.69, 9.17) is 26.8 Å². The minimum Gasteiger partial charge on any atom is -0.486 e. The molecule has 0 aromatic heterocycles. The van der Waals surface area contributed by atoms with Gasteiger partial charge in [0.05, 0.1) is 5.02 Å². The van der Waals surface area contributed by atoms with Gasteiger partial charge in [-0.25, -0.2) is 13.1 Å². The third-order valence-corrected chi connectivity index (χ3v) is 5.68. The summed E-state index contributed by atoms with van der Waals surface area (Å²) >= 11 is 6.14. The Morgan fingerprint density at radius 3 is 2.39 bits per heavy atom. The molecule has 0 spiro atoms. The van der Waals surface area contributed by atoms with E-state index in [0.717, 1.165) is 0 Å². The normalized spacial score (nSPS) is 17.1. The van der Waals surface area contributed by atoms with E-state index in [0.29, 0.717) is 37.1 Å². The van der Waals surface area contributed by atoms with Crippen LogP contribution < -0.4 is 19.9 Å². The molecule has 1 aromatic carbocycles. The SMILES string of the molecule is CC(C)CC(C)(CN)NS(=O)(=O)c1cc2c(cc1Cl)OCCO2. The minimum absolute atomic E-state index is 0.0353. The van der Waals surface area contributed by atoms with E-state index in [-0.39, 0.29) is 16.5 Å². The van der Waals surface area contributed by atoms with E-state index in [1.54, 1.807) is 6.92 Å². The van der Waals surface area contributed by atoms with Crippen molar-refractivity contribution in [1.29, 1.82) is 0 Å². The highest BCUT2D eigenvalue weighted by Crippen LogP contribution is 2.37. The maximum absolute atomic E-state index is 12.7. The first-order valence-corrected chi connectivity index (χ1v) is 9.36. The Kier molecular flexibility index (Phi) is 5.45. The van der Waals surface area contributed by atoms with Crippen molar-refractivity contribution < 1.29 is 17.9 Å². The van der Waals surface area contributed by atoms with Crippen LogP contribution in [0.1, 0.15) is 27.2 Å². The summed E-state index contributed by atoms with van der Waals surface area (Å²) in [6.07, 6.45) is 0.616.